The van der Waals surface area contributed by atoms with E-state index in [1.807, 2.05) is 18.2 Å². The molecule has 0 amide bonds. The van der Waals surface area contributed by atoms with Crippen molar-refractivity contribution >= 4 is 11.8 Å². The maximum absolute atomic E-state index is 10.6. The summed E-state index contributed by atoms with van der Waals surface area (Å²) in [6.45, 7) is 7.02. The van der Waals surface area contributed by atoms with Gasteiger partial charge in [0, 0.05) is 24.2 Å². The first-order valence-corrected chi connectivity index (χ1v) is 5.54. The van der Waals surface area contributed by atoms with Gasteiger partial charge < -0.3 is 5.32 Å². The summed E-state index contributed by atoms with van der Waals surface area (Å²) in [4.78, 5) is 10.2. The van der Waals surface area contributed by atoms with Crippen molar-refractivity contribution in [3.05, 3.63) is 46.0 Å². The molecule has 0 bridgehead atoms. The Balaban J connectivity index is 2.60. The molecule has 92 valence electrons. The lowest BCUT2D eigenvalue weighted by Gasteiger charge is -2.18. The predicted molar refractivity (Wildman–Crippen MR) is 69.9 cm³/mol. The lowest BCUT2D eigenvalue weighted by Crippen LogP contribution is -2.35. The monoisotopic (exact) mass is 234 g/mol. The van der Waals surface area contributed by atoms with Gasteiger partial charge in [0.1, 0.15) is 0 Å². The van der Waals surface area contributed by atoms with Crippen LogP contribution in [-0.4, -0.2) is 17.0 Å². The Morgan fingerprint density at radius 2 is 2.12 bits per heavy atom. The van der Waals surface area contributed by atoms with Gasteiger partial charge in [-0.3, -0.25) is 10.1 Å². The van der Waals surface area contributed by atoms with Crippen molar-refractivity contribution in [2.75, 3.05) is 6.54 Å². The molecule has 0 aromatic heterocycles. The maximum atomic E-state index is 10.6. The minimum absolute atomic E-state index is 0.0764. The summed E-state index contributed by atoms with van der Waals surface area (Å²) in [5, 5.41) is 13.9. The lowest BCUT2D eigenvalue weighted by molar-refractivity contribution is -0.384. The van der Waals surface area contributed by atoms with Crippen LogP contribution in [-0.2, 0) is 0 Å². The molecule has 1 aromatic carbocycles. The van der Waals surface area contributed by atoms with E-state index in [1.165, 1.54) is 6.07 Å². The fourth-order valence-electron chi connectivity index (χ4n) is 1.30. The molecule has 17 heavy (non-hydrogen) atoms. The first kappa shape index (κ1) is 13.4. The molecule has 0 heterocycles. The Hall–Kier alpha value is -1.68. The van der Waals surface area contributed by atoms with Crippen LogP contribution in [0.15, 0.2) is 30.3 Å². The van der Waals surface area contributed by atoms with E-state index in [4.69, 9.17) is 0 Å². The van der Waals surface area contributed by atoms with Crippen LogP contribution >= 0.6 is 0 Å². The van der Waals surface area contributed by atoms with Crippen LogP contribution in [0.4, 0.5) is 5.69 Å². The van der Waals surface area contributed by atoms with Crippen LogP contribution in [0.2, 0.25) is 0 Å². The van der Waals surface area contributed by atoms with Gasteiger partial charge in [0.2, 0.25) is 0 Å². The molecule has 4 nitrogen and oxygen atoms in total. The number of benzene rings is 1. The van der Waals surface area contributed by atoms with Crippen molar-refractivity contribution in [3.63, 3.8) is 0 Å². The first-order valence-electron chi connectivity index (χ1n) is 5.54. The standard InChI is InChI=1S/C13H18N2O2/c1-13(2,3)14-9-5-7-11-6-4-8-12(10-11)15(16)17/h4-8,10,14H,9H2,1-3H3. The molecule has 0 radical (unpaired) electrons. The summed E-state index contributed by atoms with van der Waals surface area (Å²) in [6.07, 6.45) is 3.84. The molecule has 0 spiro atoms. The van der Waals surface area contributed by atoms with Gasteiger partial charge in [-0.1, -0.05) is 24.3 Å². The summed E-state index contributed by atoms with van der Waals surface area (Å²) < 4.78 is 0. The minimum atomic E-state index is -0.384. The van der Waals surface area contributed by atoms with Crippen molar-refractivity contribution < 1.29 is 4.92 Å². The zero-order chi connectivity index (χ0) is 12.9. The first-order chi connectivity index (χ1) is 7.88. The Bertz CT molecular complexity index is 420. The number of nitrogens with zero attached hydrogens (tertiary/aromatic N) is 1. The van der Waals surface area contributed by atoms with Crippen LogP contribution in [0.5, 0.6) is 0 Å². The number of nitrogens with one attached hydrogen (secondary N) is 1. The number of hydrogen-bond acceptors (Lipinski definition) is 3. The third-order valence-electron chi connectivity index (χ3n) is 2.14. The van der Waals surface area contributed by atoms with Crippen molar-refractivity contribution in [1.29, 1.82) is 0 Å². The SMILES string of the molecule is CC(C)(C)NCC=Cc1cccc([N+](=O)[O-])c1. The van der Waals surface area contributed by atoms with E-state index in [-0.39, 0.29) is 16.1 Å². The van der Waals surface area contributed by atoms with Crippen LogP contribution < -0.4 is 5.32 Å². The molecule has 0 aliphatic heterocycles. The van der Waals surface area contributed by atoms with Crippen molar-refractivity contribution in [2.24, 2.45) is 0 Å². The molecule has 0 aliphatic rings. The van der Waals surface area contributed by atoms with E-state index >= 15 is 0 Å². The second kappa shape index (κ2) is 5.59. The molecule has 1 N–H and O–H groups in total. The molecule has 0 aliphatic carbocycles. The Morgan fingerprint density at radius 1 is 1.41 bits per heavy atom. The third-order valence-corrected chi connectivity index (χ3v) is 2.14. The maximum Gasteiger partial charge on any atom is 0.270 e. The van der Waals surface area contributed by atoms with Crippen LogP contribution in [0.1, 0.15) is 26.3 Å². The van der Waals surface area contributed by atoms with E-state index in [9.17, 15) is 10.1 Å². The van der Waals surface area contributed by atoms with Gasteiger partial charge in [0.25, 0.3) is 5.69 Å². The minimum Gasteiger partial charge on any atom is -0.309 e. The number of non-ortho nitro benzene ring substituents is 1. The molecule has 0 atom stereocenters. The molecule has 1 rings (SSSR count). The fourth-order valence-corrected chi connectivity index (χ4v) is 1.30. The van der Waals surface area contributed by atoms with E-state index < -0.39 is 0 Å². The zero-order valence-corrected chi connectivity index (χ0v) is 10.4. The summed E-state index contributed by atoms with van der Waals surface area (Å²) in [5.74, 6) is 0. The van der Waals surface area contributed by atoms with Crippen molar-refractivity contribution in [1.82, 2.24) is 5.32 Å². The molecular formula is C13H18N2O2. The molecule has 0 saturated heterocycles. The van der Waals surface area contributed by atoms with Crippen LogP contribution in [0.3, 0.4) is 0 Å². The highest BCUT2D eigenvalue weighted by Gasteiger charge is 2.06. The molecule has 0 fully saturated rings. The van der Waals surface area contributed by atoms with Gasteiger partial charge in [0.15, 0.2) is 0 Å². The lowest BCUT2D eigenvalue weighted by atomic mass is 10.1. The summed E-state index contributed by atoms with van der Waals surface area (Å²) in [6, 6.07) is 6.59. The second-order valence-corrected chi connectivity index (χ2v) is 4.89. The van der Waals surface area contributed by atoms with Gasteiger partial charge in [-0.25, -0.2) is 0 Å². The highest BCUT2D eigenvalue weighted by molar-refractivity contribution is 5.53. The smallest absolute Gasteiger partial charge is 0.270 e. The summed E-state index contributed by atoms with van der Waals surface area (Å²) in [7, 11) is 0. The van der Waals surface area contributed by atoms with Gasteiger partial charge in [-0.15, -0.1) is 0 Å². The predicted octanol–water partition coefficient (Wildman–Crippen LogP) is 3.00. The highest BCUT2D eigenvalue weighted by atomic mass is 16.6. The average Bonchev–Trinajstić information content (AvgIpc) is 2.23. The van der Waals surface area contributed by atoms with Crippen molar-refractivity contribution in [2.45, 2.75) is 26.3 Å². The molecular weight excluding hydrogens is 216 g/mol. The largest absolute Gasteiger partial charge is 0.309 e. The fraction of sp³-hybridized carbons (Fsp3) is 0.385. The van der Waals surface area contributed by atoms with E-state index in [0.717, 1.165) is 12.1 Å². The summed E-state index contributed by atoms with van der Waals surface area (Å²) >= 11 is 0. The zero-order valence-electron chi connectivity index (χ0n) is 10.4. The summed E-state index contributed by atoms with van der Waals surface area (Å²) in [5.41, 5.74) is 1.04. The van der Waals surface area contributed by atoms with Gasteiger partial charge >= 0.3 is 0 Å². The van der Waals surface area contributed by atoms with E-state index in [1.54, 1.807) is 12.1 Å². The number of nitro groups is 1. The average molecular weight is 234 g/mol. The van der Waals surface area contributed by atoms with Crippen molar-refractivity contribution in [3.8, 4) is 0 Å². The van der Waals surface area contributed by atoms with Gasteiger partial charge in [0.05, 0.1) is 4.92 Å². The van der Waals surface area contributed by atoms with Gasteiger partial charge in [-0.2, -0.15) is 0 Å². The molecule has 0 unspecified atom stereocenters. The number of rotatable bonds is 4. The van der Waals surface area contributed by atoms with E-state index in [0.29, 0.717) is 0 Å². The Morgan fingerprint density at radius 3 is 2.71 bits per heavy atom. The number of hydrogen-bond donors (Lipinski definition) is 1. The van der Waals surface area contributed by atoms with Crippen LogP contribution in [0.25, 0.3) is 6.08 Å². The molecule has 4 heteroatoms. The Kier molecular flexibility index (Phi) is 4.40. The second-order valence-electron chi connectivity index (χ2n) is 4.89. The quantitative estimate of drug-likeness (QED) is 0.643. The molecule has 0 saturated carbocycles. The van der Waals surface area contributed by atoms with Gasteiger partial charge in [-0.05, 0) is 26.3 Å². The highest BCUT2D eigenvalue weighted by Crippen LogP contribution is 2.13. The van der Waals surface area contributed by atoms with Crippen LogP contribution in [0, 0.1) is 10.1 Å². The normalized spacial score (nSPS) is 11.9. The molecule has 1 aromatic rings. The van der Waals surface area contributed by atoms with E-state index in [2.05, 4.69) is 26.1 Å². The topological polar surface area (TPSA) is 55.2 Å². The number of nitro benzene ring substituents is 1. The Labute approximate surface area is 101 Å². The third kappa shape index (κ3) is 5.26.